The van der Waals surface area contributed by atoms with Crippen LogP contribution in [-0.2, 0) is 6.42 Å². The maximum atomic E-state index is 13.5. The van der Waals surface area contributed by atoms with Gasteiger partial charge < -0.3 is 5.73 Å². The predicted octanol–water partition coefficient (Wildman–Crippen LogP) is 4.30. The van der Waals surface area contributed by atoms with Crippen LogP contribution >= 0.6 is 23.2 Å². The zero-order chi connectivity index (χ0) is 13.1. The second-order valence-corrected chi connectivity index (χ2v) is 4.83. The summed E-state index contributed by atoms with van der Waals surface area (Å²) < 4.78 is 13.5. The lowest BCUT2D eigenvalue weighted by molar-refractivity contribution is 0.626. The van der Waals surface area contributed by atoms with E-state index < -0.39 is 0 Å². The van der Waals surface area contributed by atoms with Gasteiger partial charge in [0.05, 0.1) is 10.0 Å². The smallest absolute Gasteiger partial charge is 0.124 e. The van der Waals surface area contributed by atoms with Gasteiger partial charge in [-0.15, -0.1) is 0 Å². The number of halogens is 3. The van der Waals surface area contributed by atoms with Crippen LogP contribution in [0.4, 0.5) is 4.39 Å². The van der Waals surface area contributed by atoms with Crippen molar-refractivity contribution >= 4 is 23.2 Å². The summed E-state index contributed by atoms with van der Waals surface area (Å²) in [5.74, 6) is -0.276. The van der Waals surface area contributed by atoms with Crippen LogP contribution in [0.5, 0.6) is 0 Å². The van der Waals surface area contributed by atoms with E-state index >= 15 is 0 Å². The summed E-state index contributed by atoms with van der Waals surface area (Å²) in [6.45, 7) is 0.490. The summed E-state index contributed by atoms with van der Waals surface area (Å²) in [7, 11) is 0. The number of hydrogen-bond acceptors (Lipinski definition) is 1. The second-order valence-electron chi connectivity index (χ2n) is 4.02. The monoisotopic (exact) mass is 283 g/mol. The molecule has 0 saturated carbocycles. The molecule has 0 amide bonds. The van der Waals surface area contributed by atoms with E-state index in [1.165, 1.54) is 12.1 Å². The molecule has 0 fully saturated rings. The topological polar surface area (TPSA) is 26.0 Å². The summed E-state index contributed by atoms with van der Waals surface area (Å²) >= 11 is 11.8. The molecule has 0 radical (unpaired) electrons. The lowest BCUT2D eigenvalue weighted by Gasteiger charge is -2.07. The Bertz CT molecular complexity index is 570. The molecule has 1 nitrogen and oxygen atoms in total. The van der Waals surface area contributed by atoms with E-state index in [1.807, 2.05) is 12.1 Å². The van der Waals surface area contributed by atoms with E-state index in [0.717, 1.165) is 16.7 Å². The Labute approximate surface area is 115 Å². The van der Waals surface area contributed by atoms with Gasteiger partial charge in [0.2, 0.25) is 0 Å². The molecule has 0 aliphatic carbocycles. The summed E-state index contributed by atoms with van der Waals surface area (Å²) in [6.07, 6.45) is 0.645. The van der Waals surface area contributed by atoms with Gasteiger partial charge in [-0.25, -0.2) is 4.39 Å². The van der Waals surface area contributed by atoms with E-state index in [4.69, 9.17) is 28.9 Å². The molecule has 0 unspecified atom stereocenters. The average Bonchev–Trinajstić information content (AvgIpc) is 2.32. The van der Waals surface area contributed by atoms with E-state index in [1.54, 1.807) is 12.1 Å². The number of benzene rings is 2. The first-order valence-corrected chi connectivity index (χ1v) is 6.30. The van der Waals surface area contributed by atoms with Crippen molar-refractivity contribution in [3.8, 4) is 11.1 Å². The molecule has 2 N–H and O–H groups in total. The molecule has 0 saturated heterocycles. The van der Waals surface area contributed by atoms with E-state index in [-0.39, 0.29) is 5.82 Å². The van der Waals surface area contributed by atoms with Crippen LogP contribution in [-0.4, -0.2) is 6.54 Å². The second kappa shape index (κ2) is 5.70. The molecule has 0 heterocycles. The number of hydrogen-bond donors (Lipinski definition) is 1. The van der Waals surface area contributed by atoms with E-state index in [0.29, 0.717) is 23.0 Å². The molecule has 2 aromatic carbocycles. The highest BCUT2D eigenvalue weighted by atomic mass is 35.5. The minimum atomic E-state index is -0.276. The third kappa shape index (κ3) is 3.02. The summed E-state index contributed by atoms with van der Waals surface area (Å²) in [4.78, 5) is 0. The quantitative estimate of drug-likeness (QED) is 0.893. The van der Waals surface area contributed by atoms with Gasteiger partial charge in [0.15, 0.2) is 0 Å². The van der Waals surface area contributed by atoms with Crippen LogP contribution in [0.1, 0.15) is 5.56 Å². The molecular formula is C14H12Cl2FN. The number of rotatable bonds is 3. The van der Waals surface area contributed by atoms with Gasteiger partial charge in [0.25, 0.3) is 0 Å². The first kappa shape index (κ1) is 13.3. The molecule has 4 heteroatoms. The maximum Gasteiger partial charge on any atom is 0.124 e. The predicted molar refractivity (Wildman–Crippen MR) is 74.6 cm³/mol. The van der Waals surface area contributed by atoms with Gasteiger partial charge in [0.1, 0.15) is 5.82 Å². The van der Waals surface area contributed by atoms with Crippen LogP contribution in [0, 0.1) is 5.82 Å². The van der Waals surface area contributed by atoms with Crippen molar-refractivity contribution in [2.24, 2.45) is 5.73 Å². The highest BCUT2D eigenvalue weighted by molar-refractivity contribution is 6.42. The van der Waals surface area contributed by atoms with Gasteiger partial charge in [-0.1, -0.05) is 35.3 Å². The Morgan fingerprint density at radius 3 is 2.39 bits per heavy atom. The van der Waals surface area contributed by atoms with E-state index in [2.05, 4.69) is 0 Å². The zero-order valence-electron chi connectivity index (χ0n) is 9.59. The molecule has 0 aliphatic rings. The minimum absolute atomic E-state index is 0.276. The largest absolute Gasteiger partial charge is 0.330 e. The molecule has 2 aromatic rings. The lowest BCUT2D eigenvalue weighted by Crippen LogP contribution is -2.03. The SMILES string of the molecule is NCCc1cc(F)cc(-c2ccc(Cl)c(Cl)c2)c1. The number of nitrogens with two attached hydrogens (primary N) is 1. The zero-order valence-corrected chi connectivity index (χ0v) is 11.1. The van der Waals surface area contributed by atoms with E-state index in [9.17, 15) is 4.39 Å². The summed E-state index contributed by atoms with van der Waals surface area (Å²) in [6, 6.07) is 10.1. The summed E-state index contributed by atoms with van der Waals surface area (Å²) in [5, 5.41) is 0.942. The summed E-state index contributed by atoms with van der Waals surface area (Å²) in [5.41, 5.74) is 7.97. The van der Waals surface area contributed by atoms with Crippen LogP contribution < -0.4 is 5.73 Å². The minimum Gasteiger partial charge on any atom is -0.330 e. The van der Waals surface area contributed by atoms with Gasteiger partial charge in [0, 0.05) is 0 Å². The van der Waals surface area contributed by atoms with Crippen molar-refractivity contribution in [1.82, 2.24) is 0 Å². The van der Waals surface area contributed by atoms with Crippen LogP contribution in [0.3, 0.4) is 0 Å². The van der Waals surface area contributed by atoms with Crippen LogP contribution in [0.25, 0.3) is 11.1 Å². The molecule has 0 atom stereocenters. The Morgan fingerprint density at radius 2 is 1.72 bits per heavy atom. The fourth-order valence-electron chi connectivity index (χ4n) is 1.80. The molecule has 2 rings (SSSR count). The van der Waals surface area contributed by atoms with Crippen molar-refractivity contribution in [2.45, 2.75) is 6.42 Å². The van der Waals surface area contributed by atoms with Gasteiger partial charge >= 0.3 is 0 Å². The molecule has 0 bridgehead atoms. The molecule has 18 heavy (non-hydrogen) atoms. The first-order chi connectivity index (χ1) is 8.60. The highest BCUT2D eigenvalue weighted by Crippen LogP contribution is 2.29. The first-order valence-electron chi connectivity index (χ1n) is 5.55. The van der Waals surface area contributed by atoms with Crippen LogP contribution in [0.2, 0.25) is 10.0 Å². The fraction of sp³-hybridized carbons (Fsp3) is 0.143. The van der Waals surface area contributed by atoms with Crippen molar-refractivity contribution in [3.63, 3.8) is 0 Å². The third-order valence-corrected chi connectivity index (χ3v) is 3.38. The molecule has 0 spiro atoms. The molecule has 0 aliphatic heterocycles. The normalized spacial score (nSPS) is 10.7. The third-order valence-electron chi connectivity index (χ3n) is 2.64. The van der Waals surface area contributed by atoms with Crippen molar-refractivity contribution in [1.29, 1.82) is 0 Å². The lowest BCUT2D eigenvalue weighted by atomic mass is 10.0. The Balaban J connectivity index is 2.46. The highest BCUT2D eigenvalue weighted by Gasteiger charge is 2.05. The van der Waals surface area contributed by atoms with Gasteiger partial charge in [-0.05, 0) is 53.9 Å². The Hall–Kier alpha value is -1.09. The maximum absolute atomic E-state index is 13.5. The van der Waals surface area contributed by atoms with Gasteiger partial charge in [-0.2, -0.15) is 0 Å². The average molecular weight is 284 g/mol. The Kier molecular flexibility index (Phi) is 4.23. The van der Waals surface area contributed by atoms with Crippen molar-refractivity contribution in [2.75, 3.05) is 6.54 Å². The van der Waals surface area contributed by atoms with Crippen molar-refractivity contribution in [3.05, 3.63) is 57.8 Å². The Morgan fingerprint density at radius 1 is 0.944 bits per heavy atom. The van der Waals surface area contributed by atoms with Crippen LogP contribution in [0.15, 0.2) is 36.4 Å². The van der Waals surface area contributed by atoms with Crippen molar-refractivity contribution < 1.29 is 4.39 Å². The molecule has 94 valence electrons. The fourth-order valence-corrected chi connectivity index (χ4v) is 2.10. The standard InChI is InChI=1S/C14H12Cl2FN/c15-13-2-1-10(8-14(13)16)11-5-9(3-4-18)6-12(17)7-11/h1-2,5-8H,3-4,18H2. The molecular weight excluding hydrogens is 272 g/mol. The van der Waals surface area contributed by atoms with Gasteiger partial charge in [-0.3, -0.25) is 0 Å². The molecule has 0 aromatic heterocycles.